The van der Waals surface area contributed by atoms with Gasteiger partial charge in [-0.1, -0.05) is 19.1 Å². The summed E-state index contributed by atoms with van der Waals surface area (Å²) in [5.74, 6) is -0.240. The molecular formula is C18H25NO5. The van der Waals surface area contributed by atoms with Gasteiger partial charge in [-0.2, -0.15) is 0 Å². The summed E-state index contributed by atoms with van der Waals surface area (Å²) in [4.78, 5) is 24.6. The van der Waals surface area contributed by atoms with Crippen molar-refractivity contribution in [3.05, 3.63) is 29.8 Å². The molecule has 2 rings (SSSR count). The van der Waals surface area contributed by atoms with Crippen LogP contribution in [0.25, 0.3) is 0 Å². The van der Waals surface area contributed by atoms with Crippen molar-refractivity contribution in [2.45, 2.75) is 45.3 Å². The van der Waals surface area contributed by atoms with E-state index in [1.54, 1.807) is 12.0 Å². The van der Waals surface area contributed by atoms with Crippen LogP contribution in [0, 0.1) is 0 Å². The quantitative estimate of drug-likeness (QED) is 0.684. The molecule has 1 amide bonds. The van der Waals surface area contributed by atoms with Crippen LogP contribution in [-0.4, -0.2) is 44.5 Å². The molecule has 1 aliphatic heterocycles. The average Bonchev–Trinajstić information content (AvgIpc) is 2.92. The molecule has 1 fully saturated rings. The van der Waals surface area contributed by atoms with Crippen molar-refractivity contribution in [1.82, 2.24) is 0 Å². The molecule has 1 heterocycles. The van der Waals surface area contributed by atoms with Crippen LogP contribution in [0.2, 0.25) is 0 Å². The van der Waals surface area contributed by atoms with Gasteiger partial charge < -0.3 is 14.2 Å². The Kier molecular flexibility index (Phi) is 6.61. The second-order valence-corrected chi connectivity index (χ2v) is 5.92. The number of hydrogen-bond acceptors (Lipinski definition) is 5. The number of rotatable bonds is 8. The summed E-state index contributed by atoms with van der Waals surface area (Å²) in [6.45, 7) is 4.33. The van der Waals surface area contributed by atoms with Crippen LogP contribution in [0.5, 0.6) is 0 Å². The highest BCUT2D eigenvalue weighted by atomic mass is 16.6. The van der Waals surface area contributed by atoms with Gasteiger partial charge in [0.05, 0.1) is 13.2 Å². The average molecular weight is 335 g/mol. The Hall–Kier alpha value is -2.08. The molecule has 1 saturated heterocycles. The molecular weight excluding hydrogens is 310 g/mol. The fraction of sp³-hybridized carbons (Fsp3) is 0.556. The molecule has 0 aromatic heterocycles. The number of ether oxygens (including phenoxy) is 3. The van der Waals surface area contributed by atoms with Crippen LogP contribution < -0.4 is 4.90 Å². The molecule has 1 aliphatic rings. The lowest BCUT2D eigenvalue weighted by Gasteiger charge is -2.16. The first-order valence-electron chi connectivity index (χ1n) is 8.26. The number of carbonyl (C=O) groups excluding carboxylic acids is 2. The summed E-state index contributed by atoms with van der Waals surface area (Å²) in [7, 11) is 1.59. The van der Waals surface area contributed by atoms with Gasteiger partial charge in [0.15, 0.2) is 0 Å². The van der Waals surface area contributed by atoms with E-state index in [0.717, 1.165) is 30.5 Å². The Morgan fingerprint density at radius 2 is 2.08 bits per heavy atom. The minimum absolute atomic E-state index is 0.0504. The zero-order valence-electron chi connectivity index (χ0n) is 14.5. The van der Waals surface area contributed by atoms with Crippen LogP contribution in [0.1, 0.15) is 32.3 Å². The highest BCUT2D eigenvalue weighted by molar-refractivity contribution is 5.89. The van der Waals surface area contributed by atoms with Gasteiger partial charge in [-0.3, -0.25) is 9.69 Å². The number of amides is 1. The Bertz CT molecular complexity index is 557. The molecule has 6 nitrogen and oxygen atoms in total. The maximum Gasteiger partial charge on any atom is 0.414 e. The van der Waals surface area contributed by atoms with Crippen LogP contribution in [0.3, 0.4) is 0 Å². The first kappa shape index (κ1) is 18.3. The number of methoxy groups -OCH3 is 1. The minimum Gasteiger partial charge on any atom is -0.463 e. The molecule has 24 heavy (non-hydrogen) atoms. The Morgan fingerprint density at radius 3 is 2.67 bits per heavy atom. The zero-order chi connectivity index (χ0) is 17.5. The first-order chi connectivity index (χ1) is 11.5. The number of cyclic esters (lactones) is 1. The monoisotopic (exact) mass is 335 g/mol. The Morgan fingerprint density at radius 1 is 1.38 bits per heavy atom. The number of aryl methyl sites for hydroxylation is 1. The maximum atomic E-state index is 11.9. The molecule has 132 valence electrons. The number of anilines is 1. The zero-order valence-corrected chi connectivity index (χ0v) is 14.5. The van der Waals surface area contributed by atoms with E-state index in [9.17, 15) is 9.59 Å². The fourth-order valence-electron chi connectivity index (χ4n) is 2.76. The summed E-state index contributed by atoms with van der Waals surface area (Å²) >= 11 is 0. The van der Waals surface area contributed by atoms with Gasteiger partial charge in [0.1, 0.15) is 12.2 Å². The highest BCUT2D eigenvalue weighted by Gasteiger charge is 2.32. The summed E-state index contributed by atoms with van der Waals surface area (Å²) in [5.41, 5.74) is 1.96. The van der Waals surface area contributed by atoms with Crippen LogP contribution >= 0.6 is 0 Å². The lowest BCUT2D eigenvalue weighted by Crippen LogP contribution is -2.25. The van der Waals surface area contributed by atoms with Crippen molar-refractivity contribution in [2.75, 3.05) is 25.2 Å². The van der Waals surface area contributed by atoms with E-state index in [4.69, 9.17) is 14.2 Å². The largest absolute Gasteiger partial charge is 0.463 e. The normalized spacial score (nSPS) is 18.4. The number of carbonyl (C=O) groups is 2. The lowest BCUT2D eigenvalue weighted by atomic mass is 10.0. The third-order valence-electron chi connectivity index (χ3n) is 4.02. The summed E-state index contributed by atoms with van der Waals surface area (Å²) in [6, 6.07) is 7.82. The van der Waals surface area contributed by atoms with E-state index in [2.05, 4.69) is 0 Å². The van der Waals surface area contributed by atoms with Crippen LogP contribution in [0.4, 0.5) is 10.5 Å². The highest BCUT2D eigenvalue weighted by Crippen LogP contribution is 2.23. The molecule has 1 aromatic carbocycles. The van der Waals surface area contributed by atoms with Gasteiger partial charge in [-0.05, 0) is 37.0 Å². The lowest BCUT2D eigenvalue weighted by molar-refractivity contribution is -0.146. The van der Waals surface area contributed by atoms with E-state index in [-0.39, 0.29) is 24.3 Å². The topological polar surface area (TPSA) is 65.1 Å². The third kappa shape index (κ3) is 4.96. The number of hydrogen-bond donors (Lipinski definition) is 0. The molecule has 0 bridgehead atoms. The van der Waals surface area contributed by atoms with Crippen LogP contribution in [-0.2, 0) is 25.4 Å². The van der Waals surface area contributed by atoms with Gasteiger partial charge in [-0.25, -0.2) is 4.79 Å². The van der Waals surface area contributed by atoms with Crippen molar-refractivity contribution in [2.24, 2.45) is 0 Å². The smallest absolute Gasteiger partial charge is 0.414 e. The van der Waals surface area contributed by atoms with Crippen molar-refractivity contribution in [1.29, 1.82) is 0 Å². The standard InChI is InChI=1S/C18H25NO5/c1-4-16(23-13(2)20)10-7-14-5-8-15(9-6-14)19-11-17(12-22-3)24-18(19)21/h5-6,8-9,16-17H,4,7,10-12H2,1-3H3/t16-,17?/m1/s1. The summed E-state index contributed by atoms with van der Waals surface area (Å²) in [6.07, 6.45) is 1.80. The van der Waals surface area contributed by atoms with Crippen molar-refractivity contribution in [3.63, 3.8) is 0 Å². The third-order valence-corrected chi connectivity index (χ3v) is 4.02. The van der Waals surface area contributed by atoms with Crippen molar-refractivity contribution in [3.8, 4) is 0 Å². The molecule has 0 saturated carbocycles. The van der Waals surface area contributed by atoms with E-state index in [1.807, 2.05) is 31.2 Å². The van der Waals surface area contributed by atoms with Gasteiger partial charge in [0, 0.05) is 19.7 Å². The molecule has 0 N–H and O–H groups in total. The molecule has 0 aliphatic carbocycles. The van der Waals surface area contributed by atoms with Gasteiger partial charge in [0.25, 0.3) is 0 Å². The second kappa shape index (κ2) is 8.68. The Balaban J connectivity index is 1.91. The van der Waals surface area contributed by atoms with Gasteiger partial charge in [0.2, 0.25) is 0 Å². The minimum atomic E-state index is -0.342. The predicted molar refractivity (Wildman–Crippen MR) is 90.1 cm³/mol. The molecule has 0 radical (unpaired) electrons. The van der Waals surface area contributed by atoms with Crippen molar-refractivity contribution < 1.29 is 23.8 Å². The molecule has 1 unspecified atom stereocenters. The predicted octanol–water partition coefficient (Wildman–Crippen LogP) is 2.93. The van der Waals surface area contributed by atoms with Gasteiger partial charge >= 0.3 is 12.1 Å². The summed E-state index contributed by atoms with van der Waals surface area (Å²) in [5, 5.41) is 0. The van der Waals surface area contributed by atoms with E-state index in [0.29, 0.717) is 13.2 Å². The molecule has 0 spiro atoms. The van der Waals surface area contributed by atoms with Crippen LogP contribution in [0.15, 0.2) is 24.3 Å². The SMILES string of the molecule is CC[C@H](CCc1ccc(N2CC(COC)OC2=O)cc1)OC(C)=O. The van der Waals surface area contributed by atoms with E-state index in [1.165, 1.54) is 6.92 Å². The second-order valence-electron chi connectivity index (χ2n) is 5.92. The Labute approximate surface area is 142 Å². The summed E-state index contributed by atoms with van der Waals surface area (Å²) < 4.78 is 15.5. The van der Waals surface area contributed by atoms with E-state index < -0.39 is 0 Å². The van der Waals surface area contributed by atoms with Gasteiger partial charge in [-0.15, -0.1) is 0 Å². The number of esters is 1. The molecule has 2 atom stereocenters. The molecule has 1 aromatic rings. The first-order valence-corrected chi connectivity index (χ1v) is 8.26. The van der Waals surface area contributed by atoms with Crippen molar-refractivity contribution >= 4 is 17.7 Å². The number of nitrogens with zero attached hydrogens (tertiary/aromatic N) is 1. The number of benzene rings is 1. The molecule has 6 heteroatoms. The maximum absolute atomic E-state index is 11.9. The van der Waals surface area contributed by atoms with E-state index >= 15 is 0 Å². The fourth-order valence-corrected chi connectivity index (χ4v) is 2.76.